The molecule has 1 aromatic heterocycles. The minimum absolute atomic E-state index is 0.213. The number of hydrogen-bond acceptors (Lipinski definition) is 4. The van der Waals surface area contributed by atoms with Gasteiger partial charge in [0.2, 0.25) is 0 Å². The Morgan fingerprint density at radius 1 is 1.39 bits per heavy atom. The van der Waals surface area contributed by atoms with Crippen molar-refractivity contribution in [2.75, 3.05) is 26.2 Å². The van der Waals surface area contributed by atoms with Crippen molar-refractivity contribution in [2.45, 2.75) is 45.6 Å². The summed E-state index contributed by atoms with van der Waals surface area (Å²) < 4.78 is 0. The molecule has 0 aromatic carbocycles. The molecule has 0 aliphatic carbocycles. The lowest BCUT2D eigenvalue weighted by atomic mass is 9.95. The van der Waals surface area contributed by atoms with Gasteiger partial charge in [0.25, 0.3) is 0 Å². The second-order valence-electron chi connectivity index (χ2n) is 6.06. The molecule has 1 saturated heterocycles. The van der Waals surface area contributed by atoms with Gasteiger partial charge in [-0.2, -0.15) is 0 Å². The van der Waals surface area contributed by atoms with Gasteiger partial charge in [0, 0.05) is 49.4 Å². The lowest BCUT2D eigenvalue weighted by Crippen LogP contribution is -2.54. The Labute approximate surface area is 115 Å². The highest BCUT2D eigenvalue weighted by Crippen LogP contribution is 2.24. The fourth-order valence-electron chi connectivity index (χ4n) is 2.49. The van der Waals surface area contributed by atoms with E-state index in [0.717, 1.165) is 32.6 Å². The van der Waals surface area contributed by atoms with Crippen LogP contribution in [0.4, 0.5) is 0 Å². The molecule has 0 bridgehead atoms. The van der Waals surface area contributed by atoms with Crippen LogP contribution < -0.4 is 5.32 Å². The van der Waals surface area contributed by atoms with Crippen LogP contribution in [-0.4, -0.2) is 41.6 Å². The number of piperazine rings is 1. The molecule has 1 fully saturated rings. The first-order valence-electron chi connectivity index (χ1n) is 6.89. The van der Waals surface area contributed by atoms with Gasteiger partial charge >= 0.3 is 0 Å². The van der Waals surface area contributed by atoms with Crippen molar-refractivity contribution in [1.29, 1.82) is 0 Å². The fraction of sp³-hybridized carbons (Fsp3) is 0.786. The van der Waals surface area contributed by atoms with Crippen molar-refractivity contribution in [3.63, 3.8) is 0 Å². The van der Waals surface area contributed by atoms with Gasteiger partial charge in [-0.25, -0.2) is 4.98 Å². The van der Waals surface area contributed by atoms with Crippen LogP contribution in [0.3, 0.4) is 0 Å². The van der Waals surface area contributed by atoms with E-state index < -0.39 is 0 Å². The third kappa shape index (κ3) is 3.31. The Balaban J connectivity index is 2.01. The van der Waals surface area contributed by atoms with Crippen molar-refractivity contribution in [1.82, 2.24) is 15.2 Å². The van der Waals surface area contributed by atoms with Gasteiger partial charge in [0.05, 0.1) is 10.7 Å². The normalized spacial score (nSPS) is 18.5. The minimum atomic E-state index is 0.213. The highest BCUT2D eigenvalue weighted by molar-refractivity contribution is 7.09. The van der Waals surface area contributed by atoms with E-state index in [9.17, 15) is 0 Å². The molecule has 1 aliphatic rings. The van der Waals surface area contributed by atoms with E-state index in [4.69, 9.17) is 4.98 Å². The summed E-state index contributed by atoms with van der Waals surface area (Å²) in [7, 11) is 0. The SMILES string of the molecule is CC(C)c1nc(CC(C)(C)N2CCNCC2)cs1. The largest absolute Gasteiger partial charge is 0.314 e. The first-order valence-corrected chi connectivity index (χ1v) is 7.77. The molecule has 3 nitrogen and oxygen atoms in total. The van der Waals surface area contributed by atoms with Crippen molar-refractivity contribution in [2.24, 2.45) is 0 Å². The molecule has 0 saturated carbocycles. The first-order chi connectivity index (χ1) is 8.49. The summed E-state index contributed by atoms with van der Waals surface area (Å²) in [5.74, 6) is 0.547. The molecule has 102 valence electrons. The number of thiazole rings is 1. The second kappa shape index (κ2) is 5.68. The van der Waals surface area contributed by atoms with Gasteiger partial charge in [-0.3, -0.25) is 4.90 Å². The standard InChI is InChI=1S/C14H25N3S/c1-11(2)13-16-12(10-18-13)9-14(3,4)17-7-5-15-6-8-17/h10-11,15H,5-9H2,1-4H3. The molecule has 2 rings (SSSR count). The topological polar surface area (TPSA) is 28.2 Å². The highest BCUT2D eigenvalue weighted by Gasteiger charge is 2.28. The maximum atomic E-state index is 4.77. The van der Waals surface area contributed by atoms with Crippen LogP contribution in [0.25, 0.3) is 0 Å². The molecule has 1 aromatic rings. The monoisotopic (exact) mass is 267 g/mol. The molecule has 0 amide bonds. The molecule has 4 heteroatoms. The predicted molar refractivity (Wildman–Crippen MR) is 78.4 cm³/mol. The molecular formula is C14H25N3S. The Bertz CT molecular complexity index is 378. The smallest absolute Gasteiger partial charge is 0.0953 e. The minimum Gasteiger partial charge on any atom is -0.314 e. The van der Waals surface area contributed by atoms with E-state index in [1.807, 2.05) is 0 Å². The van der Waals surface area contributed by atoms with Crippen molar-refractivity contribution in [3.8, 4) is 0 Å². The molecule has 0 atom stereocenters. The van der Waals surface area contributed by atoms with E-state index in [0.29, 0.717) is 5.92 Å². The molecule has 18 heavy (non-hydrogen) atoms. The summed E-state index contributed by atoms with van der Waals surface area (Å²) in [6, 6.07) is 0. The van der Waals surface area contributed by atoms with E-state index >= 15 is 0 Å². The van der Waals surface area contributed by atoms with E-state index in [1.165, 1.54) is 10.7 Å². The average molecular weight is 267 g/mol. The Hall–Kier alpha value is -0.450. The number of nitrogens with zero attached hydrogens (tertiary/aromatic N) is 2. The van der Waals surface area contributed by atoms with Gasteiger partial charge in [0.1, 0.15) is 0 Å². The van der Waals surface area contributed by atoms with Gasteiger partial charge in [-0.15, -0.1) is 11.3 Å². The van der Waals surface area contributed by atoms with Crippen LogP contribution in [0.1, 0.15) is 44.3 Å². The van der Waals surface area contributed by atoms with Crippen LogP contribution in [0, 0.1) is 0 Å². The maximum absolute atomic E-state index is 4.77. The Kier molecular flexibility index (Phi) is 4.41. The summed E-state index contributed by atoms with van der Waals surface area (Å²) in [6.45, 7) is 13.6. The van der Waals surface area contributed by atoms with Crippen LogP contribution in [0.15, 0.2) is 5.38 Å². The molecule has 1 aliphatic heterocycles. The zero-order valence-corrected chi connectivity index (χ0v) is 12.8. The van der Waals surface area contributed by atoms with Gasteiger partial charge in [-0.1, -0.05) is 13.8 Å². The molecule has 0 spiro atoms. The van der Waals surface area contributed by atoms with Gasteiger partial charge < -0.3 is 5.32 Å². The van der Waals surface area contributed by atoms with Crippen LogP contribution in [-0.2, 0) is 6.42 Å². The van der Waals surface area contributed by atoms with Crippen LogP contribution in [0.5, 0.6) is 0 Å². The number of hydrogen-bond donors (Lipinski definition) is 1. The predicted octanol–water partition coefficient (Wildman–Crippen LogP) is 2.49. The summed E-state index contributed by atoms with van der Waals surface area (Å²) in [6.07, 6.45) is 1.05. The third-order valence-electron chi connectivity index (χ3n) is 3.65. The molecule has 1 N–H and O–H groups in total. The van der Waals surface area contributed by atoms with E-state index in [2.05, 4.69) is 43.3 Å². The van der Waals surface area contributed by atoms with Crippen molar-refractivity contribution in [3.05, 3.63) is 16.1 Å². The first kappa shape index (κ1) is 14.0. The van der Waals surface area contributed by atoms with Crippen molar-refractivity contribution >= 4 is 11.3 Å². The maximum Gasteiger partial charge on any atom is 0.0953 e. The summed E-state index contributed by atoms with van der Waals surface area (Å²) in [4.78, 5) is 7.35. The number of rotatable bonds is 4. The van der Waals surface area contributed by atoms with Gasteiger partial charge in [-0.05, 0) is 13.8 Å². The van der Waals surface area contributed by atoms with Gasteiger partial charge in [0.15, 0.2) is 0 Å². The lowest BCUT2D eigenvalue weighted by molar-refractivity contribution is 0.103. The van der Waals surface area contributed by atoms with Crippen LogP contribution >= 0.6 is 11.3 Å². The van der Waals surface area contributed by atoms with E-state index in [-0.39, 0.29) is 5.54 Å². The Morgan fingerprint density at radius 3 is 2.61 bits per heavy atom. The summed E-state index contributed by atoms with van der Waals surface area (Å²) >= 11 is 1.80. The number of aromatic nitrogens is 1. The molecule has 2 heterocycles. The fourth-order valence-corrected chi connectivity index (χ4v) is 3.33. The highest BCUT2D eigenvalue weighted by atomic mass is 32.1. The van der Waals surface area contributed by atoms with E-state index in [1.54, 1.807) is 11.3 Å². The number of nitrogens with one attached hydrogen (secondary N) is 1. The molecule has 0 radical (unpaired) electrons. The molecule has 0 unspecified atom stereocenters. The lowest BCUT2D eigenvalue weighted by Gasteiger charge is -2.41. The summed E-state index contributed by atoms with van der Waals surface area (Å²) in [5.41, 5.74) is 1.47. The Morgan fingerprint density at radius 2 is 2.06 bits per heavy atom. The average Bonchev–Trinajstić information content (AvgIpc) is 2.78. The second-order valence-corrected chi connectivity index (χ2v) is 6.95. The molecular weight excluding hydrogens is 242 g/mol. The quantitative estimate of drug-likeness (QED) is 0.908. The zero-order chi connectivity index (χ0) is 13.2. The van der Waals surface area contributed by atoms with Crippen LogP contribution in [0.2, 0.25) is 0 Å². The van der Waals surface area contributed by atoms with Crippen molar-refractivity contribution < 1.29 is 0 Å². The third-order valence-corrected chi connectivity index (χ3v) is 4.84. The zero-order valence-electron chi connectivity index (χ0n) is 12.0. The summed E-state index contributed by atoms with van der Waals surface area (Å²) in [5, 5.41) is 6.91.